The number of rotatable bonds is 3. The number of fused-ring (bicyclic) bond motifs is 4. The predicted molar refractivity (Wildman–Crippen MR) is 165 cm³/mol. The van der Waals surface area contributed by atoms with Gasteiger partial charge in [-0.3, -0.25) is 0 Å². The summed E-state index contributed by atoms with van der Waals surface area (Å²) in [6, 6.07) is 36.1. The fourth-order valence-corrected chi connectivity index (χ4v) is 6.53. The SMILES string of the molecule is Cc1cc2c(cc1-c1ccc(N(c3ccccc3C)C(C)(C)C)c3ccccc13)C(C)(C)c1ccccc1-2. The second-order valence-electron chi connectivity index (χ2n) is 12.4. The summed E-state index contributed by atoms with van der Waals surface area (Å²) in [4.78, 5) is 2.50. The molecule has 0 aromatic heterocycles. The van der Waals surface area contributed by atoms with E-state index in [0.717, 1.165) is 0 Å². The van der Waals surface area contributed by atoms with Crippen molar-refractivity contribution in [2.75, 3.05) is 4.90 Å². The van der Waals surface area contributed by atoms with Crippen LogP contribution >= 0.6 is 0 Å². The molecule has 1 aliphatic rings. The molecule has 0 aliphatic heterocycles. The Hall–Kier alpha value is -3.84. The summed E-state index contributed by atoms with van der Waals surface area (Å²) in [5, 5.41) is 2.58. The minimum Gasteiger partial charge on any atom is -0.335 e. The van der Waals surface area contributed by atoms with E-state index in [2.05, 4.69) is 150 Å². The third kappa shape index (κ3) is 3.68. The molecule has 5 aromatic carbocycles. The van der Waals surface area contributed by atoms with Crippen LogP contribution in [0.15, 0.2) is 97.1 Å². The smallest absolute Gasteiger partial charge is 0.0495 e. The normalized spacial score (nSPS) is 13.9. The maximum atomic E-state index is 2.50. The zero-order valence-corrected chi connectivity index (χ0v) is 23.7. The summed E-state index contributed by atoms with van der Waals surface area (Å²) in [6.45, 7) is 16.1. The molecule has 5 aromatic rings. The average Bonchev–Trinajstić information content (AvgIpc) is 3.10. The summed E-state index contributed by atoms with van der Waals surface area (Å²) >= 11 is 0. The third-order valence-corrected chi connectivity index (χ3v) is 8.39. The lowest BCUT2D eigenvalue weighted by Crippen LogP contribution is -2.38. The molecule has 1 aliphatic carbocycles. The van der Waals surface area contributed by atoms with Gasteiger partial charge in [0.1, 0.15) is 0 Å². The molecular formula is C37H37N. The lowest BCUT2D eigenvalue weighted by molar-refractivity contribution is 0.560. The van der Waals surface area contributed by atoms with Crippen LogP contribution in [-0.4, -0.2) is 5.54 Å². The molecule has 0 radical (unpaired) electrons. The van der Waals surface area contributed by atoms with Crippen LogP contribution in [0.4, 0.5) is 11.4 Å². The number of para-hydroxylation sites is 1. The Bertz CT molecular complexity index is 1700. The Labute approximate surface area is 227 Å². The minimum atomic E-state index is -0.0876. The van der Waals surface area contributed by atoms with Gasteiger partial charge in [0.2, 0.25) is 0 Å². The average molecular weight is 496 g/mol. The monoisotopic (exact) mass is 495 g/mol. The van der Waals surface area contributed by atoms with E-state index in [1.807, 2.05) is 0 Å². The quantitative estimate of drug-likeness (QED) is 0.241. The summed E-state index contributed by atoms with van der Waals surface area (Å²) in [5.74, 6) is 0. The molecular weight excluding hydrogens is 458 g/mol. The van der Waals surface area contributed by atoms with Crippen LogP contribution in [0, 0.1) is 13.8 Å². The number of hydrogen-bond acceptors (Lipinski definition) is 1. The van der Waals surface area contributed by atoms with Crippen LogP contribution in [0.1, 0.15) is 56.9 Å². The summed E-state index contributed by atoms with van der Waals surface area (Å²) in [5.41, 5.74) is 13.2. The number of benzene rings is 5. The van der Waals surface area contributed by atoms with E-state index in [1.165, 1.54) is 66.7 Å². The molecule has 0 N–H and O–H groups in total. The van der Waals surface area contributed by atoms with E-state index in [-0.39, 0.29) is 11.0 Å². The fourth-order valence-electron chi connectivity index (χ4n) is 6.53. The van der Waals surface area contributed by atoms with Crippen LogP contribution in [0.2, 0.25) is 0 Å². The van der Waals surface area contributed by atoms with Crippen LogP contribution < -0.4 is 4.90 Å². The Morgan fingerprint density at radius 3 is 1.92 bits per heavy atom. The Kier molecular flexibility index (Phi) is 5.54. The van der Waals surface area contributed by atoms with Crippen molar-refractivity contribution in [3.63, 3.8) is 0 Å². The highest BCUT2D eigenvalue weighted by Crippen LogP contribution is 2.51. The zero-order valence-electron chi connectivity index (χ0n) is 23.7. The maximum Gasteiger partial charge on any atom is 0.0495 e. The lowest BCUT2D eigenvalue weighted by Gasteiger charge is -2.39. The second kappa shape index (κ2) is 8.60. The van der Waals surface area contributed by atoms with Gasteiger partial charge in [0.05, 0.1) is 0 Å². The second-order valence-corrected chi connectivity index (χ2v) is 12.4. The highest BCUT2D eigenvalue weighted by atomic mass is 15.2. The largest absolute Gasteiger partial charge is 0.335 e. The molecule has 0 saturated carbocycles. The standard InChI is InChI=1S/C37H37N/c1-24-14-8-13-19-34(24)38(36(3,4)5)35-21-20-27(26-15-9-10-17-29(26)35)30-23-33-31(22-25(30)2)28-16-11-12-18-32(28)37(33,6)7/h8-23H,1-7H3. The van der Waals surface area contributed by atoms with Crippen molar-refractivity contribution in [2.45, 2.75) is 59.4 Å². The van der Waals surface area contributed by atoms with Gasteiger partial charge in [0.15, 0.2) is 0 Å². The molecule has 190 valence electrons. The first-order valence-electron chi connectivity index (χ1n) is 13.7. The van der Waals surface area contributed by atoms with Crippen molar-refractivity contribution in [3.05, 3.63) is 119 Å². The third-order valence-electron chi connectivity index (χ3n) is 8.39. The van der Waals surface area contributed by atoms with Gasteiger partial charge in [0.25, 0.3) is 0 Å². The van der Waals surface area contributed by atoms with Gasteiger partial charge in [-0.25, -0.2) is 0 Å². The molecule has 0 heterocycles. The van der Waals surface area contributed by atoms with Crippen LogP contribution in [-0.2, 0) is 5.41 Å². The summed E-state index contributed by atoms with van der Waals surface area (Å²) < 4.78 is 0. The van der Waals surface area contributed by atoms with Crippen molar-refractivity contribution in [1.29, 1.82) is 0 Å². The molecule has 1 heteroatoms. The van der Waals surface area contributed by atoms with E-state index in [0.29, 0.717) is 0 Å². The number of hydrogen-bond donors (Lipinski definition) is 0. The zero-order chi connectivity index (χ0) is 26.8. The van der Waals surface area contributed by atoms with Gasteiger partial charge in [-0.05, 0) is 103 Å². The van der Waals surface area contributed by atoms with E-state index in [9.17, 15) is 0 Å². The number of anilines is 2. The van der Waals surface area contributed by atoms with Crippen molar-refractivity contribution >= 4 is 22.1 Å². The van der Waals surface area contributed by atoms with Crippen molar-refractivity contribution in [3.8, 4) is 22.3 Å². The molecule has 0 fully saturated rings. The first-order chi connectivity index (χ1) is 18.1. The van der Waals surface area contributed by atoms with Crippen LogP contribution in [0.5, 0.6) is 0 Å². The molecule has 0 unspecified atom stereocenters. The van der Waals surface area contributed by atoms with Crippen LogP contribution in [0.3, 0.4) is 0 Å². The summed E-state index contributed by atoms with van der Waals surface area (Å²) in [7, 11) is 0. The van der Waals surface area contributed by atoms with E-state index >= 15 is 0 Å². The highest BCUT2D eigenvalue weighted by molar-refractivity contribution is 6.06. The number of aryl methyl sites for hydroxylation is 2. The highest BCUT2D eigenvalue weighted by Gasteiger charge is 2.36. The maximum absolute atomic E-state index is 2.50. The number of nitrogens with zero attached hydrogens (tertiary/aromatic N) is 1. The van der Waals surface area contributed by atoms with Gasteiger partial charge >= 0.3 is 0 Å². The van der Waals surface area contributed by atoms with Crippen molar-refractivity contribution < 1.29 is 0 Å². The minimum absolute atomic E-state index is 0.0159. The Morgan fingerprint density at radius 2 is 1.18 bits per heavy atom. The Morgan fingerprint density at radius 1 is 0.526 bits per heavy atom. The molecule has 0 amide bonds. The van der Waals surface area contributed by atoms with Gasteiger partial charge in [0, 0.05) is 27.7 Å². The molecule has 0 atom stereocenters. The molecule has 0 saturated heterocycles. The van der Waals surface area contributed by atoms with Crippen molar-refractivity contribution in [2.24, 2.45) is 0 Å². The topological polar surface area (TPSA) is 3.24 Å². The summed E-state index contributed by atoms with van der Waals surface area (Å²) in [6.07, 6.45) is 0. The van der Waals surface area contributed by atoms with Gasteiger partial charge in [-0.1, -0.05) is 92.7 Å². The lowest BCUT2D eigenvalue weighted by atomic mass is 9.80. The predicted octanol–water partition coefficient (Wildman–Crippen LogP) is 10.4. The van der Waals surface area contributed by atoms with E-state index in [1.54, 1.807) is 0 Å². The Balaban J connectivity index is 1.58. The molecule has 0 bridgehead atoms. The van der Waals surface area contributed by atoms with Crippen LogP contribution in [0.25, 0.3) is 33.0 Å². The molecule has 6 rings (SSSR count). The fraction of sp³-hybridized carbons (Fsp3) is 0.243. The van der Waals surface area contributed by atoms with Gasteiger partial charge in [-0.2, -0.15) is 0 Å². The molecule has 1 nitrogen and oxygen atoms in total. The molecule has 38 heavy (non-hydrogen) atoms. The van der Waals surface area contributed by atoms with Gasteiger partial charge in [-0.15, -0.1) is 0 Å². The first-order valence-corrected chi connectivity index (χ1v) is 13.7. The van der Waals surface area contributed by atoms with Gasteiger partial charge < -0.3 is 4.90 Å². The van der Waals surface area contributed by atoms with E-state index in [4.69, 9.17) is 0 Å². The molecule has 0 spiro atoms. The first kappa shape index (κ1) is 24.5. The van der Waals surface area contributed by atoms with Crippen molar-refractivity contribution in [1.82, 2.24) is 0 Å². The van der Waals surface area contributed by atoms with E-state index < -0.39 is 0 Å².